The maximum absolute atomic E-state index is 11.3. The Labute approximate surface area is 179 Å². The van der Waals surface area contributed by atoms with E-state index in [-0.39, 0.29) is 11.5 Å². The highest BCUT2D eigenvalue weighted by Gasteiger charge is 2.82. The first kappa shape index (κ1) is 20.8. The Kier molecular flexibility index (Phi) is 4.31. The van der Waals surface area contributed by atoms with Crippen LogP contribution in [0, 0.1) is 44.8 Å². The van der Waals surface area contributed by atoms with E-state index >= 15 is 0 Å². The first-order valence-electron chi connectivity index (χ1n) is 12.6. The fraction of sp³-hybridized carbons (Fsp3) is 1.00. The van der Waals surface area contributed by atoms with Gasteiger partial charge in [0, 0.05) is 18.0 Å². The van der Waals surface area contributed by atoms with Crippen molar-refractivity contribution >= 4 is 0 Å². The lowest BCUT2D eigenvalue weighted by atomic mass is 9.42. The molecule has 29 heavy (non-hydrogen) atoms. The predicted octanol–water partition coefficient (Wildman–Crippen LogP) is 4.59. The van der Waals surface area contributed by atoms with Gasteiger partial charge in [-0.05, 0) is 111 Å². The Morgan fingerprint density at radius 2 is 1.52 bits per heavy atom. The molecule has 2 spiro atoms. The lowest BCUT2D eigenvalue weighted by molar-refractivity contribution is -0.144. The van der Waals surface area contributed by atoms with Crippen LogP contribution in [0.3, 0.4) is 0 Å². The first-order chi connectivity index (χ1) is 13.5. The van der Waals surface area contributed by atoms with Crippen molar-refractivity contribution in [2.45, 2.75) is 104 Å². The molecular weight excluding hydrogens is 356 g/mol. The van der Waals surface area contributed by atoms with Crippen LogP contribution in [-0.4, -0.2) is 37.4 Å². The van der Waals surface area contributed by atoms with Crippen molar-refractivity contribution in [1.29, 1.82) is 0 Å². The molecule has 5 aliphatic rings. The van der Waals surface area contributed by atoms with Gasteiger partial charge in [-0.1, -0.05) is 27.7 Å². The third kappa shape index (κ3) is 2.16. The van der Waals surface area contributed by atoms with Gasteiger partial charge in [0.1, 0.15) is 0 Å². The molecule has 3 N–H and O–H groups in total. The highest BCUT2D eigenvalue weighted by molar-refractivity contribution is 5.31. The van der Waals surface area contributed by atoms with Crippen LogP contribution in [0.5, 0.6) is 0 Å². The largest absolute Gasteiger partial charge is 0.393 e. The minimum atomic E-state index is -0.147. The molecule has 0 aliphatic heterocycles. The molecule has 0 unspecified atom stereocenters. The number of aliphatic hydroxyl groups excluding tert-OH is 1. The number of rotatable bonds is 3. The number of fused-ring (bicyclic) bond motifs is 2. The van der Waals surface area contributed by atoms with Gasteiger partial charge in [0.15, 0.2) is 0 Å². The van der Waals surface area contributed by atoms with Crippen molar-refractivity contribution in [1.82, 2.24) is 10.6 Å². The van der Waals surface area contributed by atoms with Crippen molar-refractivity contribution in [3.8, 4) is 0 Å². The van der Waals surface area contributed by atoms with Crippen LogP contribution in [0.25, 0.3) is 0 Å². The predicted molar refractivity (Wildman–Crippen MR) is 120 cm³/mol. The van der Waals surface area contributed by atoms with Crippen LogP contribution in [0.1, 0.15) is 86.0 Å². The molecule has 0 bridgehead atoms. The maximum atomic E-state index is 11.3. The number of hydrogen-bond acceptors (Lipinski definition) is 3. The quantitative estimate of drug-likeness (QED) is 0.647. The molecule has 3 heteroatoms. The average Bonchev–Trinajstić information content (AvgIpc) is 3.26. The summed E-state index contributed by atoms with van der Waals surface area (Å²) >= 11 is 0. The molecule has 0 saturated heterocycles. The molecule has 166 valence electrons. The van der Waals surface area contributed by atoms with Gasteiger partial charge in [-0.15, -0.1) is 0 Å². The zero-order valence-electron chi connectivity index (χ0n) is 20.1. The Bertz CT molecular complexity index is 692. The molecule has 3 nitrogen and oxygen atoms in total. The van der Waals surface area contributed by atoms with E-state index in [0.29, 0.717) is 39.7 Å². The molecule has 5 aliphatic carbocycles. The fourth-order valence-electron chi connectivity index (χ4n) is 11.1. The molecule has 10 atom stereocenters. The summed E-state index contributed by atoms with van der Waals surface area (Å²) < 4.78 is 0. The Morgan fingerprint density at radius 3 is 2.17 bits per heavy atom. The minimum absolute atomic E-state index is 0.147. The molecular formula is C26H46N2O. The molecule has 0 heterocycles. The second kappa shape index (κ2) is 6.01. The van der Waals surface area contributed by atoms with Gasteiger partial charge in [0.05, 0.1) is 6.10 Å². The van der Waals surface area contributed by atoms with Gasteiger partial charge in [-0.3, -0.25) is 0 Å². The molecule has 0 radical (unpaired) electrons. The minimum Gasteiger partial charge on any atom is -0.393 e. The van der Waals surface area contributed by atoms with Crippen LogP contribution in [0.15, 0.2) is 0 Å². The molecule has 5 rings (SSSR count). The van der Waals surface area contributed by atoms with E-state index < -0.39 is 0 Å². The van der Waals surface area contributed by atoms with Crippen molar-refractivity contribution in [2.75, 3.05) is 14.1 Å². The molecule has 5 fully saturated rings. The van der Waals surface area contributed by atoms with Crippen LogP contribution < -0.4 is 10.6 Å². The maximum Gasteiger partial charge on any atom is 0.0594 e. The highest BCUT2D eigenvalue weighted by atomic mass is 16.3. The zero-order chi connectivity index (χ0) is 21.0. The van der Waals surface area contributed by atoms with Crippen LogP contribution in [0.4, 0.5) is 0 Å². The van der Waals surface area contributed by atoms with E-state index in [0.717, 1.165) is 18.3 Å². The van der Waals surface area contributed by atoms with Gasteiger partial charge >= 0.3 is 0 Å². The molecule has 0 aromatic heterocycles. The lowest BCUT2D eigenvalue weighted by Crippen LogP contribution is -2.59. The van der Waals surface area contributed by atoms with Gasteiger partial charge < -0.3 is 15.7 Å². The zero-order valence-corrected chi connectivity index (χ0v) is 20.1. The molecule has 0 aromatic carbocycles. The van der Waals surface area contributed by atoms with Crippen LogP contribution in [0.2, 0.25) is 0 Å². The summed E-state index contributed by atoms with van der Waals surface area (Å²) in [6.45, 7) is 12.6. The lowest BCUT2D eigenvalue weighted by Gasteiger charge is -2.63. The van der Waals surface area contributed by atoms with E-state index in [4.69, 9.17) is 0 Å². The summed E-state index contributed by atoms with van der Waals surface area (Å²) in [6, 6.07) is 1.06. The number of hydrogen-bond donors (Lipinski definition) is 3. The fourth-order valence-corrected chi connectivity index (χ4v) is 11.1. The number of aliphatic hydroxyl groups is 1. The third-order valence-electron chi connectivity index (χ3n) is 12.5. The summed E-state index contributed by atoms with van der Waals surface area (Å²) in [5.74, 6) is 2.08. The number of nitrogens with one attached hydrogen (secondary N) is 2. The smallest absolute Gasteiger partial charge is 0.0594 e. The molecule has 5 saturated carbocycles. The second-order valence-corrected chi connectivity index (χ2v) is 13.1. The van der Waals surface area contributed by atoms with Crippen LogP contribution in [-0.2, 0) is 0 Å². The summed E-state index contributed by atoms with van der Waals surface area (Å²) in [5, 5.41) is 18.4. The van der Waals surface area contributed by atoms with E-state index in [1.807, 2.05) is 0 Å². The van der Waals surface area contributed by atoms with E-state index in [9.17, 15) is 5.11 Å². The monoisotopic (exact) mass is 402 g/mol. The third-order valence-corrected chi connectivity index (χ3v) is 12.5. The van der Waals surface area contributed by atoms with Gasteiger partial charge in [0.2, 0.25) is 0 Å². The SMILES string of the molecule is CN[C@H]1CC[C@]23C[C@]24CC[C@]2(C)[C@@H]([C@@H](C)NC)[C@H](O)C[C@@]2(C)[C@H]4CC[C@H]3C1(C)C. The van der Waals surface area contributed by atoms with E-state index in [2.05, 4.69) is 59.3 Å². The van der Waals surface area contributed by atoms with Crippen molar-refractivity contribution in [2.24, 2.45) is 44.8 Å². The molecule has 0 aromatic rings. The van der Waals surface area contributed by atoms with Gasteiger partial charge in [-0.2, -0.15) is 0 Å². The Balaban J connectivity index is 1.52. The topological polar surface area (TPSA) is 44.3 Å². The van der Waals surface area contributed by atoms with E-state index in [1.54, 1.807) is 0 Å². The van der Waals surface area contributed by atoms with Gasteiger partial charge in [-0.25, -0.2) is 0 Å². The standard InChI is InChI=1S/C26H46N2O/c1-16(27-6)21-17(29)14-24(5)19-9-8-18-22(2,3)20(28-7)10-11-25(18)15-26(19,25)13-12-23(21,24)4/h16-21,27-29H,8-15H2,1-7H3/t16-,17-,18+,19-,20+,21+,23-,24+,25-,26+/m1/s1. The normalized spacial score (nSPS) is 58.6. The second-order valence-electron chi connectivity index (χ2n) is 13.1. The van der Waals surface area contributed by atoms with Gasteiger partial charge in [0.25, 0.3) is 0 Å². The molecule has 0 amide bonds. The Morgan fingerprint density at radius 1 is 0.862 bits per heavy atom. The van der Waals surface area contributed by atoms with Crippen molar-refractivity contribution in [3.63, 3.8) is 0 Å². The van der Waals surface area contributed by atoms with Crippen molar-refractivity contribution in [3.05, 3.63) is 0 Å². The summed E-state index contributed by atoms with van der Waals surface area (Å²) in [7, 11) is 4.25. The summed E-state index contributed by atoms with van der Waals surface area (Å²) in [5.41, 5.74) is 2.14. The first-order valence-corrected chi connectivity index (χ1v) is 12.6. The summed E-state index contributed by atoms with van der Waals surface area (Å²) in [6.07, 6.45) is 10.7. The van der Waals surface area contributed by atoms with Crippen molar-refractivity contribution < 1.29 is 5.11 Å². The van der Waals surface area contributed by atoms with Crippen LogP contribution >= 0.6 is 0 Å². The Hall–Kier alpha value is -0.120. The summed E-state index contributed by atoms with van der Waals surface area (Å²) in [4.78, 5) is 0. The average molecular weight is 403 g/mol. The highest BCUT2D eigenvalue weighted by Crippen LogP contribution is 2.88. The van der Waals surface area contributed by atoms with E-state index in [1.165, 1.54) is 44.9 Å².